The zero-order valence-corrected chi connectivity index (χ0v) is 22.0. The molecule has 0 aromatic heterocycles. The molecule has 10 heteroatoms. The number of amides is 1. The molecule has 0 radical (unpaired) electrons. The van der Waals surface area contributed by atoms with E-state index >= 15 is 0 Å². The van der Waals surface area contributed by atoms with Crippen LogP contribution in [-0.2, 0) is 21.1 Å². The van der Waals surface area contributed by atoms with Crippen molar-refractivity contribution in [3.63, 3.8) is 0 Å². The number of benzene rings is 2. The van der Waals surface area contributed by atoms with Crippen molar-refractivity contribution in [2.75, 3.05) is 30.6 Å². The van der Waals surface area contributed by atoms with Crippen LogP contribution in [-0.4, -0.2) is 56.5 Å². The minimum Gasteiger partial charge on any atom is -0.493 e. The van der Waals surface area contributed by atoms with Crippen molar-refractivity contribution in [2.24, 2.45) is 4.99 Å². The van der Waals surface area contributed by atoms with Crippen LogP contribution in [0.25, 0.3) is 0 Å². The first kappa shape index (κ1) is 24.1. The molecule has 4 rings (SSSR count). The lowest BCUT2D eigenvalue weighted by atomic mass is 10.1. The zero-order valence-electron chi connectivity index (χ0n) is 18.8. The minimum absolute atomic E-state index is 0.0580. The number of aryl methyl sites for hydroxylation is 2. The molecule has 2 heterocycles. The quantitative estimate of drug-likeness (QED) is 0.555. The van der Waals surface area contributed by atoms with Crippen molar-refractivity contribution >= 4 is 54.3 Å². The van der Waals surface area contributed by atoms with Crippen molar-refractivity contribution in [1.82, 2.24) is 0 Å². The Hall–Kier alpha value is -2.04. The van der Waals surface area contributed by atoms with E-state index in [9.17, 15) is 13.2 Å². The third-order valence-electron chi connectivity index (χ3n) is 5.79. The number of sulfone groups is 1. The van der Waals surface area contributed by atoms with Gasteiger partial charge in [0.15, 0.2) is 26.5 Å². The van der Waals surface area contributed by atoms with Gasteiger partial charge >= 0.3 is 0 Å². The monoisotopic (exact) mass is 552 g/mol. The molecule has 0 aliphatic carbocycles. The normalized spacial score (nSPS) is 22.5. The number of anilines is 1. The Morgan fingerprint density at radius 3 is 2.42 bits per heavy atom. The van der Waals surface area contributed by atoms with Gasteiger partial charge in [-0.15, -0.1) is 0 Å². The molecule has 2 atom stereocenters. The molecule has 2 aliphatic rings. The summed E-state index contributed by atoms with van der Waals surface area (Å²) in [6, 6.07) is 9.07. The number of ether oxygens (including phenoxy) is 2. The van der Waals surface area contributed by atoms with E-state index in [-0.39, 0.29) is 35.1 Å². The zero-order chi connectivity index (χ0) is 23.9. The number of thioether (sulfide) groups is 1. The number of fused-ring (bicyclic) bond motifs is 1. The number of methoxy groups -OCH3 is 2. The van der Waals surface area contributed by atoms with E-state index in [4.69, 9.17) is 9.47 Å². The molecule has 0 unspecified atom stereocenters. The van der Waals surface area contributed by atoms with Gasteiger partial charge in [-0.3, -0.25) is 4.79 Å². The van der Waals surface area contributed by atoms with Crippen LogP contribution in [0.5, 0.6) is 11.5 Å². The lowest BCUT2D eigenvalue weighted by molar-refractivity contribution is -0.117. The number of hydrogen-bond acceptors (Lipinski definition) is 6. The molecule has 2 saturated heterocycles. The van der Waals surface area contributed by atoms with E-state index in [0.29, 0.717) is 16.7 Å². The maximum Gasteiger partial charge on any atom is 0.252 e. The third-order valence-corrected chi connectivity index (χ3v) is 9.45. The number of carbonyl (C=O) groups is 1. The van der Waals surface area contributed by atoms with Gasteiger partial charge in [-0.25, -0.2) is 8.42 Å². The SMILES string of the molecule is COc1ccc(CC(=O)N=C2S[C@H]3CS(=O)(=O)C[C@H]3N2c2c(C)cc(Br)cc2C)cc1OC. The number of nitrogens with zero attached hydrogens (tertiary/aromatic N) is 2. The highest BCUT2D eigenvalue weighted by atomic mass is 79.9. The number of amidine groups is 1. The van der Waals surface area contributed by atoms with E-state index in [1.54, 1.807) is 26.4 Å². The van der Waals surface area contributed by atoms with Crippen LogP contribution in [0.15, 0.2) is 39.8 Å². The summed E-state index contributed by atoms with van der Waals surface area (Å²) in [6.45, 7) is 3.97. The predicted molar refractivity (Wildman–Crippen MR) is 136 cm³/mol. The Labute approximate surface area is 206 Å². The first-order valence-electron chi connectivity index (χ1n) is 10.4. The van der Waals surface area contributed by atoms with Crippen molar-refractivity contribution < 1.29 is 22.7 Å². The van der Waals surface area contributed by atoms with Crippen LogP contribution in [0.4, 0.5) is 5.69 Å². The molecular weight excluding hydrogens is 528 g/mol. The van der Waals surface area contributed by atoms with Crippen LogP contribution < -0.4 is 14.4 Å². The molecule has 0 spiro atoms. The Morgan fingerprint density at radius 2 is 1.79 bits per heavy atom. The summed E-state index contributed by atoms with van der Waals surface area (Å²) >= 11 is 4.90. The van der Waals surface area contributed by atoms with Gasteiger partial charge in [-0.1, -0.05) is 33.8 Å². The Balaban J connectivity index is 1.68. The Morgan fingerprint density at radius 1 is 1.12 bits per heavy atom. The maximum atomic E-state index is 12.9. The van der Waals surface area contributed by atoms with E-state index in [2.05, 4.69) is 20.9 Å². The summed E-state index contributed by atoms with van der Waals surface area (Å²) in [5, 5.41) is 0.406. The van der Waals surface area contributed by atoms with Gasteiger partial charge in [-0.05, 0) is 54.8 Å². The van der Waals surface area contributed by atoms with Gasteiger partial charge in [0.1, 0.15) is 0 Å². The molecule has 7 nitrogen and oxygen atoms in total. The number of rotatable bonds is 5. The summed E-state index contributed by atoms with van der Waals surface area (Å²) in [4.78, 5) is 19.4. The molecular formula is C23H25BrN2O5S2. The Bertz CT molecular complexity index is 1220. The minimum atomic E-state index is -3.13. The van der Waals surface area contributed by atoms with Gasteiger partial charge in [0, 0.05) is 15.4 Å². The maximum absolute atomic E-state index is 12.9. The first-order chi connectivity index (χ1) is 15.6. The molecule has 176 valence electrons. The smallest absolute Gasteiger partial charge is 0.252 e. The fourth-order valence-corrected chi connectivity index (χ4v) is 9.02. The fraction of sp³-hybridized carbons (Fsp3) is 0.391. The number of halogens is 1. The summed E-state index contributed by atoms with van der Waals surface area (Å²) in [5.41, 5.74) is 3.66. The number of hydrogen-bond donors (Lipinski definition) is 0. The molecule has 2 fully saturated rings. The van der Waals surface area contributed by atoms with Crippen molar-refractivity contribution in [3.05, 3.63) is 51.5 Å². The van der Waals surface area contributed by atoms with E-state index in [1.165, 1.54) is 11.8 Å². The summed E-state index contributed by atoms with van der Waals surface area (Å²) in [5.74, 6) is 0.990. The molecule has 2 aromatic rings. The second kappa shape index (κ2) is 9.31. The van der Waals surface area contributed by atoms with Crippen LogP contribution in [0.3, 0.4) is 0 Å². The summed E-state index contributed by atoms with van der Waals surface area (Å²) in [7, 11) is -0.0252. The highest BCUT2D eigenvalue weighted by Gasteiger charge is 2.50. The first-order valence-corrected chi connectivity index (χ1v) is 13.9. The molecule has 0 saturated carbocycles. The van der Waals surface area contributed by atoms with Crippen LogP contribution in [0.1, 0.15) is 16.7 Å². The topological polar surface area (TPSA) is 85.3 Å². The second-order valence-corrected chi connectivity index (χ2v) is 12.5. The van der Waals surface area contributed by atoms with Gasteiger partial charge < -0.3 is 14.4 Å². The molecule has 33 heavy (non-hydrogen) atoms. The van der Waals surface area contributed by atoms with Gasteiger partial charge in [-0.2, -0.15) is 4.99 Å². The highest BCUT2D eigenvalue weighted by Crippen LogP contribution is 2.43. The lowest BCUT2D eigenvalue weighted by Crippen LogP contribution is -2.38. The highest BCUT2D eigenvalue weighted by molar-refractivity contribution is 9.10. The molecule has 1 amide bonds. The van der Waals surface area contributed by atoms with Crippen LogP contribution >= 0.6 is 27.7 Å². The summed E-state index contributed by atoms with van der Waals surface area (Å²) in [6.07, 6.45) is 0.101. The lowest BCUT2D eigenvalue weighted by Gasteiger charge is -2.28. The number of carbonyl (C=O) groups excluding carboxylic acids is 1. The average molecular weight is 554 g/mol. The van der Waals surface area contributed by atoms with Gasteiger partial charge in [0.2, 0.25) is 0 Å². The standard InChI is InChI=1S/C23H25BrN2O5S2/c1-13-7-16(24)8-14(2)22(13)26-17-11-33(28,29)12-20(17)32-23(26)25-21(27)10-15-5-6-18(30-3)19(9-15)31-4/h5-9,17,20H,10-12H2,1-4H3/t17-,20+/m1/s1. The van der Waals surface area contributed by atoms with Gasteiger partial charge in [0.25, 0.3) is 5.91 Å². The molecule has 2 aliphatic heterocycles. The third kappa shape index (κ3) is 4.93. The second-order valence-electron chi connectivity index (χ2n) is 8.21. The number of aliphatic imine (C=N–C) groups is 1. The Kier molecular flexibility index (Phi) is 6.80. The van der Waals surface area contributed by atoms with Crippen LogP contribution in [0.2, 0.25) is 0 Å². The summed E-state index contributed by atoms with van der Waals surface area (Å²) < 4.78 is 36.2. The van der Waals surface area contributed by atoms with Crippen molar-refractivity contribution in [2.45, 2.75) is 31.6 Å². The van der Waals surface area contributed by atoms with Crippen LogP contribution in [0, 0.1) is 13.8 Å². The average Bonchev–Trinajstić information content (AvgIpc) is 3.18. The van der Waals surface area contributed by atoms with E-state index in [0.717, 1.165) is 26.9 Å². The molecule has 0 bridgehead atoms. The van der Waals surface area contributed by atoms with E-state index in [1.807, 2.05) is 36.9 Å². The fourth-order valence-electron chi connectivity index (χ4n) is 4.42. The predicted octanol–water partition coefficient (Wildman–Crippen LogP) is 3.93. The van der Waals surface area contributed by atoms with Crippen molar-refractivity contribution in [3.8, 4) is 11.5 Å². The van der Waals surface area contributed by atoms with Gasteiger partial charge in [0.05, 0.1) is 38.2 Å². The molecule has 2 aromatic carbocycles. The molecule has 0 N–H and O–H groups in total. The van der Waals surface area contributed by atoms with Crippen molar-refractivity contribution in [1.29, 1.82) is 0 Å². The largest absolute Gasteiger partial charge is 0.493 e. The van der Waals surface area contributed by atoms with E-state index < -0.39 is 9.84 Å².